The van der Waals surface area contributed by atoms with Crippen LogP contribution in [0.2, 0.25) is 0 Å². The Hall–Kier alpha value is -4.40. The largest absolute Gasteiger partial charge is 0.206 e. The summed E-state index contributed by atoms with van der Waals surface area (Å²) >= 11 is 0. The Balaban J connectivity index is 1.86. The zero-order valence-electron chi connectivity index (χ0n) is 16.3. The van der Waals surface area contributed by atoms with Crippen LogP contribution in [0.1, 0.15) is 38.5 Å². The second-order valence-corrected chi connectivity index (χ2v) is 6.39. The molecule has 2 rings (SSSR count). The number of nitrogens with zero attached hydrogens (tertiary/aromatic N) is 8. The predicted octanol–water partition coefficient (Wildman–Crippen LogP) is 4.01. The van der Waals surface area contributed by atoms with Crippen LogP contribution in [-0.4, -0.2) is 22.8 Å². The van der Waals surface area contributed by atoms with Crippen LogP contribution in [0, 0.1) is 45.8 Å². The third-order valence-electron chi connectivity index (χ3n) is 4.47. The summed E-state index contributed by atoms with van der Waals surface area (Å²) in [4.78, 5) is 15.1. The zero-order valence-corrected chi connectivity index (χ0v) is 16.3. The summed E-state index contributed by atoms with van der Waals surface area (Å²) in [6.45, 7) is 0. The Morgan fingerprint density at radius 1 is 0.533 bits per heavy atom. The van der Waals surface area contributed by atoms with E-state index in [-0.39, 0.29) is 0 Å². The van der Waals surface area contributed by atoms with Gasteiger partial charge < -0.3 is 0 Å². The molecule has 0 N–H and O–H groups in total. The highest BCUT2D eigenvalue weighted by Gasteiger charge is 2.12. The van der Waals surface area contributed by atoms with Gasteiger partial charge in [0.2, 0.25) is 24.8 Å². The summed E-state index contributed by atoms with van der Waals surface area (Å²) in [7, 11) is 0. The summed E-state index contributed by atoms with van der Waals surface area (Å²) in [6, 6.07) is 0. The van der Waals surface area contributed by atoms with E-state index in [1.165, 1.54) is 0 Å². The van der Waals surface area contributed by atoms with Crippen LogP contribution in [0.4, 0.5) is 0 Å². The van der Waals surface area contributed by atoms with Crippen molar-refractivity contribution in [2.75, 3.05) is 0 Å². The van der Waals surface area contributed by atoms with Crippen molar-refractivity contribution in [3.63, 3.8) is 0 Å². The van der Waals surface area contributed by atoms with Crippen molar-refractivity contribution in [3.8, 4) is 24.8 Å². The van der Waals surface area contributed by atoms with Gasteiger partial charge in [-0.3, -0.25) is 0 Å². The molecule has 8 heteroatoms. The fraction of sp³-hybridized carbons (Fsp3) is 0.273. The van der Waals surface area contributed by atoms with E-state index < -0.39 is 0 Å². The van der Waals surface area contributed by atoms with Crippen LogP contribution in [0.15, 0.2) is 67.6 Å². The van der Waals surface area contributed by atoms with Crippen molar-refractivity contribution in [1.29, 1.82) is 21.0 Å². The van der Waals surface area contributed by atoms with E-state index in [0.717, 1.165) is 49.7 Å². The first-order chi connectivity index (χ1) is 14.7. The minimum Gasteiger partial charge on any atom is -0.174 e. The number of hydrogen-bond acceptors (Lipinski definition) is 8. The standard InChI is InChI=1S/C22H18N8/c23-13-27-19-7-9-21(29-15-25)17(11-19)5-3-1-2-4-6-18-12-20(28-14-24)8-10-22(18)30-16-26/h7-12H,1-6H2. The molecular formula is C22H18N8. The summed E-state index contributed by atoms with van der Waals surface area (Å²) in [6.07, 6.45) is 22.7. The molecule has 0 aromatic heterocycles. The molecule has 2 aliphatic rings. The van der Waals surface area contributed by atoms with E-state index in [4.69, 9.17) is 21.0 Å². The Bertz CT molecular complexity index is 992. The molecule has 146 valence electrons. The first kappa shape index (κ1) is 21.9. The summed E-state index contributed by atoms with van der Waals surface area (Å²) in [5.41, 5.74) is 4.12. The lowest BCUT2D eigenvalue weighted by Gasteiger charge is -2.12. The van der Waals surface area contributed by atoms with Crippen LogP contribution in [0.3, 0.4) is 0 Å². The summed E-state index contributed by atoms with van der Waals surface area (Å²) in [5.74, 6) is 0. The highest BCUT2D eigenvalue weighted by molar-refractivity contribution is 6.22. The van der Waals surface area contributed by atoms with E-state index in [2.05, 4.69) is 20.0 Å². The second kappa shape index (κ2) is 12.1. The van der Waals surface area contributed by atoms with Gasteiger partial charge in [0.05, 0.1) is 22.8 Å². The molecule has 0 spiro atoms. The zero-order chi connectivity index (χ0) is 21.6. The molecular weight excluding hydrogens is 376 g/mol. The minimum atomic E-state index is 0.556. The van der Waals surface area contributed by atoms with Crippen molar-refractivity contribution >= 4 is 22.8 Å². The van der Waals surface area contributed by atoms with Gasteiger partial charge in [-0.1, -0.05) is 12.8 Å². The highest BCUT2D eigenvalue weighted by atomic mass is 14.8. The number of hydrogen-bond donors (Lipinski definition) is 0. The molecule has 0 amide bonds. The topological polar surface area (TPSA) is 145 Å². The van der Waals surface area contributed by atoms with E-state index in [1.807, 2.05) is 0 Å². The van der Waals surface area contributed by atoms with Gasteiger partial charge in [-0.15, -0.1) is 0 Å². The smallest absolute Gasteiger partial charge is 0.174 e. The summed E-state index contributed by atoms with van der Waals surface area (Å²) < 4.78 is 0. The number of allylic oxidation sites excluding steroid dienone is 8. The normalized spacial score (nSPS) is 20.4. The molecule has 8 nitrogen and oxygen atoms in total. The predicted molar refractivity (Wildman–Crippen MR) is 114 cm³/mol. The van der Waals surface area contributed by atoms with E-state index in [1.54, 1.807) is 61.2 Å². The quantitative estimate of drug-likeness (QED) is 0.365. The molecule has 0 bridgehead atoms. The molecule has 0 aromatic carbocycles. The molecule has 30 heavy (non-hydrogen) atoms. The molecule has 0 saturated carbocycles. The molecule has 0 atom stereocenters. The first-order valence-electron chi connectivity index (χ1n) is 9.37. The van der Waals surface area contributed by atoms with E-state index in [9.17, 15) is 0 Å². The van der Waals surface area contributed by atoms with Gasteiger partial charge in [-0.05, 0) is 73.3 Å². The maximum Gasteiger partial charge on any atom is 0.206 e. The Kier molecular flexibility index (Phi) is 8.86. The monoisotopic (exact) mass is 394 g/mol. The van der Waals surface area contributed by atoms with Crippen molar-refractivity contribution in [3.05, 3.63) is 47.6 Å². The van der Waals surface area contributed by atoms with E-state index in [0.29, 0.717) is 22.8 Å². The van der Waals surface area contributed by atoms with Crippen LogP contribution in [0.5, 0.6) is 0 Å². The third kappa shape index (κ3) is 6.64. The van der Waals surface area contributed by atoms with Crippen LogP contribution in [0.25, 0.3) is 0 Å². The number of aliphatic imine (C=N–C) groups is 4. The fourth-order valence-corrected chi connectivity index (χ4v) is 3.11. The Morgan fingerprint density at radius 2 is 0.933 bits per heavy atom. The second-order valence-electron chi connectivity index (χ2n) is 6.39. The average molecular weight is 394 g/mol. The molecule has 0 heterocycles. The molecule has 0 aliphatic heterocycles. The number of rotatable bonds is 7. The molecule has 0 saturated heterocycles. The maximum absolute atomic E-state index is 8.84. The summed E-state index contributed by atoms with van der Waals surface area (Å²) in [5, 5.41) is 35.1. The molecule has 0 unspecified atom stereocenters. The number of unbranched alkanes of at least 4 members (excludes halogenated alkanes) is 3. The van der Waals surface area contributed by atoms with Crippen LogP contribution < -0.4 is 0 Å². The Morgan fingerprint density at radius 3 is 1.30 bits per heavy atom. The van der Waals surface area contributed by atoms with Crippen molar-refractivity contribution < 1.29 is 0 Å². The van der Waals surface area contributed by atoms with Gasteiger partial charge in [0.15, 0.2) is 0 Å². The minimum absolute atomic E-state index is 0.556. The van der Waals surface area contributed by atoms with Gasteiger partial charge in [0.1, 0.15) is 0 Å². The fourth-order valence-electron chi connectivity index (χ4n) is 3.11. The number of nitriles is 4. The SMILES string of the molecule is N#CN=C1C=CC(=NC#N)C(CCCCCCC2=CC(=NC#N)C=CC2=NC#N)=C1. The average Bonchev–Trinajstić information content (AvgIpc) is 2.74. The van der Waals surface area contributed by atoms with Gasteiger partial charge in [0, 0.05) is 0 Å². The maximum atomic E-state index is 8.84. The molecule has 2 aliphatic carbocycles. The molecule has 0 radical (unpaired) electrons. The van der Waals surface area contributed by atoms with Crippen molar-refractivity contribution in [1.82, 2.24) is 0 Å². The lowest BCUT2D eigenvalue weighted by Crippen LogP contribution is -2.09. The van der Waals surface area contributed by atoms with Crippen molar-refractivity contribution in [2.45, 2.75) is 38.5 Å². The van der Waals surface area contributed by atoms with Crippen molar-refractivity contribution in [2.24, 2.45) is 20.0 Å². The lowest BCUT2D eigenvalue weighted by molar-refractivity contribution is 0.645. The lowest BCUT2D eigenvalue weighted by atomic mass is 9.94. The van der Waals surface area contributed by atoms with Gasteiger partial charge >= 0.3 is 0 Å². The third-order valence-corrected chi connectivity index (χ3v) is 4.47. The molecule has 0 fully saturated rings. The van der Waals surface area contributed by atoms with E-state index >= 15 is 0 Å². The van der Waals surface area contributed by atoms with Crippen LogP contribution >= 0.6 is 0 Å². The Labute approximate surface area is 175 Å². The molecule has 0 aromatic rings. The van der Waals surface area contributed by atoms with Crippen LogP contribution in [-0.2, 0) is 0 Å². The van der Waals surface area contributed by atoms with Gasteiger partial charge in [-0.25, -0.2) is 0 Å². The first-order valence-corrected chi connectivity index (χ1v) is 9.37. The van der Waals surface area contributed by atoms with Gasteiger partial charge in [-0.2, -0.15) is 41.0 Å². The highest BCUT2D eigenvalue weighted by Crippen LogP contribution is 2.19. The van der Waals surface area contributed by atoms with Gasteiger partial charge in [0.25, 0.3) is 0 Å².